The van der Waals surface area contributed by atoms with Gasteiger partial charge < -0.3 is 19.5 Å². The zero-order valence-electron chi connectivity index (χ0n) is 14.2. The Hall–Kier alpha value is -0.160. The maximum atomic E-state index is 5.67. The number of nitrogens with one attached hydrogen (secondary N) is 1. The lowest BCUT2D eigenvalue weighted by Gasteiger charge is -2.30. The van der Waals surface area contributed by atoms with Crippen molar-refractivity contribution >= 4 is 0 Å². The average molecular weight is 289 g/mol. The Morgan fingerprint density at radius 2 is 1.55 bits per heavy atom. The maximum Gasteiger partial charge on any atom is 0.0701 e. The summed E-state index contributed by atoms with van der Waals surface area (Å²) in [5.74, 6) is 0. The van der Waals surface area contributed by atoms with Gasteiger partial charge in [0.25, 0.3) is 0 Å². The summed E-state index contributed by atoms with van der Waals surface area (Å²) in [5, 5.41) is 3.55. The summed E-state index contributed by atoms with van der Waals surface area (Å²) in [7, 11) is 1.68. The van der Waals surface area contributed by atoms with E-state index in [4.69, 9.17) is 14.2 Å². The van der Waals surface area contributed by atoms with Crippen LogP contribution < -0.4 is 5.32 Å². The van der Waals surface area contributed by atoms with Crippen molar-refractivity contribution < 1.29 is 14.2 Å². The Kier molecular flexibility index (Phi) is 12.5. The first kappa shape index (κ1) is 19.8. The molecule has 1 atom stereocenters. The van der Waals surface area contributed by atoms with Gasteiger partial charge in [0.1, 0.15) is 0 Å². The number of hydrogen-bond acceptors (Lipinski definition) is 4. The molecule has 0 aliphatic carbocycles. The van der Waals surface area contributed by atoms with Crippen LogP contribution in [0.15, 0.2) is 0 Å². The van der Waals surface area contributed by atoms with Gasteiger partial charge in [0.05, 0.1) is 26.4 Å². The van der Waals surface area contributed by atoms with E-state index in [2.05, 4.69) is 33.0 Å². The molecule has 0 amide bonds. The molecule has 0 bridgehead atoms. The fraction of sp³-hybridized carbons (Fsp3) is 1.00. The zero-order valence-corrected chi connectivity index (χ0v) is 14.2. The minimum Gasteiger partial charge on any atom is -0.382 e. The van der Waals surface area contributed by atoms with Crippen molar-refractivity contribution in [3.8, 4) is 0 Å². The summed E-state index contributed by atoms with van der Waals surface area (Å²) < 4.78 is 16.0. The minimum absolute atomic E-state index is 0.329. The molecular weight excluding hydrogens is 254 g/mol. The molecule has 0 fully saturated rings. The molecule has 0 aliphatic rings. The van der Waals surface area contributed by atoms with Crippen LogP contribution in [-0.2, 0) is 14.2 Å². The lowest BCUT2D eigenvalue weighted by atomic mass is 9.82. The van der Waals surface area contributed by atoms with E-state index in [9.17, 15) is 0 Å². The number of rotatable bonds is 14. The molecule has 20 heavy (non-hydrogen) atoms. The molecule has 0 aromatic heterocycles. The summed E-state index contributed by atoms with van der Waals surface area (Å²) in [6.45, 7) is 13.5. The molecule has 4 nitrogen and oxygen atoms in total. The zero-order chi connectivity index (χ0) is 15.3. The van der Waals surface area contributed by atoms with Gasteiger partial charge in [-0.25, -0.2) is 0 Å². The van der Waals surface area contributed by atoms with Crippen molar-refractivity contribution in [3.05, 3.63) is 0 Å². The van der Waals surface area contributed by atoms with Crippen LogP contribution >= 0.6 is 0 Å². The molecule has 0 aliphatic heterocycles. The molecule has 0 heterocycles. The third-order valence-corrected chi connectivity index (χ3v) is 3.44. The Labute approximate surface area is 125 Å². The quantitative estimate of drug-likeness (QED) is 0.499. The van der Waals surface area contributed by atoms with Crippen LogP contribution in [-0.4, -0.2) is 52.7 Å². The molecule has 0 spiro atoms. The van der Waals surface area contributed by atoms with Crippen molar-refractivity contribution in [2.45, 2.75) is 53.0 Å². The Balaban J connectivity index is 3.69. The predicted molar refractivity (Wildman–Crippen MR) is 84.3 cm³/mol. The second-order valence-electron chi connectivity index (χ2n) is 6.06. The van der Waals surface area contributed by atoms with Gasteiger partial charge in [0.15, 0.2) is 0 Å². The fourth-order valence-electron chi connectivity index (χ4n) is 2.14. The van der Waals surface area contributed by atoms with Gasteiger partial charge in [-0.15, -0.1) is 0 Å². The first-order valence-electron chi connectivity index (χ1n) is 7.92. The van der Waals surface area contributed by atoms with Crippen LogP contribution in [0.3, 0.4) is 0 Å². The molecule has 0 rings (SSSR count). The highest BCUT2D eigenvalue weighted by atomic mass is 16.5. The SMILES string of the molecule is CCCC(C)(CCOCCOCCOC)CNC(C)C. The minimum atomic E-state index is 0.329. The lowest BCUT2D eigenvalue weighted by Crippen LogP contribution is -2.36. The van der Waals surface area contributed by atoms with Crippen LogP contribution in [0, 0.1) is 5.41 Å². The largest absolute Gasteiger partial charge is 0.382 e. The summed E-state index contributed by atoms with van der Waals surface area (Å²) in [6, 6.07) is 0.543. The molecule has 0 saturated carbocycles. The van der Waals surface area contributed by atoms with Crippen LogP contribution in [0.4, 0.5) is 0 Å². The summed E-state index contributed by atoms with van der Waals surface area (Å²) in [6.07, 6.45) is 3.55. The van der Waals surface area contributed by atoms with Gasteiger partial charge in [-0.2, -0.15) is 0 Å². The van der Waals surface area contributed by atoms with Crippen LogP contribution in [0.25, 0.3) is 0 Å². The van der Waals surface area contributed by atoms with Gasteiger partial charge >= 0.3 is 0 Å². The average Bonchev–Trinajstić information content (AvgIpc) is 2.40. The van der Waals surface area contributed by atoms with E-state index in [1.54, 1.807) is 7.11 Å². The lowest BCUT2D eigenvalue weighted by molar-refractivity contribution is 0.0167. The Bertz CT molecular complexity index is 212. The molecular formula is C16H35NO3. The van der Waals surface area contributed by atoms with E-state index >= 15 is 0 Å². The molecule has 0 saturated heterocycles. The summed E-state index contributed by atoms with van der Waals surface area (Å²) in [4.78, 5) is 0. The van der Waals surface area contributed by atoms with E-state index in [-0.39, 0.29) is 0 Å². The standard InChI is InChI=1S/C16H35NO3/c1-6-7-16(4,14-17-15(2)3)8-9-19-12-13-20-11-10-18-5/h15,17H,6-14H2,1-5H3. The number of ether oxygens (including phenoxy) is 3. The normalized spacial score (nSPS) is 14.7. The van der Waals surface area contributed by atoms with Crippen LogP contribution in [0.1, 0.15) is 47.0 Å². The summed E-state index contributed by atoms with van der Waals surface area (Å²) in [5.41, 5.74) is 0.329. The van der Waals surface area contributed by atoms with E-state index < -0.39 is 0 Å². The fourth-order valence-corrected chi connectivity index (χ4v) is 2.14. The second kappa shape index (κ2) is 12.6. The van der Waals surface area contributed by atoms with Crippen molar-refractivity contribution in [2.24, 2.45) is 5.41 Å². The van der Waals surface area contributed by atoms with Crippen molar-refractivity contribution in [2.75, 3.05) is 46.7 Å². The monoisotopic (exact) mass is 289 g/mol. The summed E-state index contributed by atoms with van der Waals surface area (Å²) >= 11 is 0. The van der Waals surface area contributed by atoms with E-state index in [0.717, 1.165) is 19.6 Å². The highest BCUT2D eigenvalue weighted by molar-refractivity contribution is 4.77. The molecule has 0 radical (unpaired) electrons. The van der Waals surface area contributed by atoms with Crippen molar-refractivity contribution in [1.82, 2.24) is 5.32 Å². The Morgan fingerprint density at radius 1 is 0.950 bits per heavy atom. The maximum absolute atomic E-state index is 5.67. The van der Waals surface area contributed by atoms with E-state index in [0.29, 0.717) is 37.9 Å². The third kappa shape index (κ3) is 11.6. The van der Waals surface area contributed by atoms with Crippen LogP contribution in [0.5, 0.6) is 0 Å². The van der Waals surface area contributed by atoms with Gasteiger partial charge in [0, 0.05) is 26.3 Å². The second-order valence-corrected chi connectivity index (χ2v) is 6.06. The highest BCUT2D eigenvalue weighted by Gasteiger charge is 2.22. The van der Waals surface area contributed by atoms with Gasteiger partial charge in [-0.1, -0.05) is 34.1 Å². The molecule has 0 aromatic rings. The molecule has 122 valence electrons. The van der Waals surface area contributed by atoms with Crippen molar-refractivity contribution in [3.63, 3.8) is 0 Å². The van der Waals surface area contributed by atoms with Crippen LogP contribution in [0.2, 0.25) is 0 Å². The van der Waals surface area contributed by atoms with Gasteiger partial charge in [-0.05, 0) is 18.3 Å². The topological polar surface area (TPSA) is 39.7 Å². The van der Waals surface area contributed by atoms with Gasteiger partial charge in [0.2, 0.25) is 0 Å². The molecule has 1 unspecified atom stereocenters. The highest BCUT2D eigenvalue weighted by Crippen LogP contribution is 2.26. The number of methoxy groups -OCH3 is 1. The van der Waals surface area contributed by atoms with Crippen molar-refractivity contribution in [1.29, 1.82) is 0 Å². The molecule has 4 heteroatoms. The third-order valence-electron chi connectivity index (χ3n) is 3.44. The first-order valence-corrected chi connectivity index (χ1v) is 7.92. The van der Waals surface area contributed by atoms with Gasteiger partial charge in [-0.3, -0.25) is 0 Å². The first-order chi connectivity index (χ1) is 9.54. The Morgan fingerprint density at radius 3 is 2.10 bits per heavy atom. The van der Waals surface area contributed by atoms with E-state index in [1.165, 1.54) is 12.8 Å². The molecule has 0 aromatic carbocycles. The van der Waals surface area contributed by atoms with E-state index in [1.807, 2.05) is 0 Å². The smallest absolute Gasteiger partial charge is 0.0701 e. The number of hydrogen-bond donors (Lipinski definition) is 1. The molecule has 1 N–H and O–H groups in total. The predicted octanol–water partition coefficient (Wildman–Crippen LogP) is 2.86.